The van der Waals surface area contributed by atoms with Gasteiger partial charge in [-0.25, -0.2) is 0 Å². The van der Waals surface area contributed by atoms with E-state index in [-0.39, 0.29) is 0 Å². The summed E-state index contributed by atoms with van der Waals surface area (Å²) in [5.41, 5.74) is 0. The maximum atomic E-state index is 2.40. The minimum absolute atomic E-state index is 1.03. The molecule has 0 heterocycles. The van der Waals surface area contributed by atoms with Crippen LogP contribution in [0.4, 0.5) is 0 Å². The third kappa shape index (κ3) is 1.21. The molecule has 2 aliphatic carbocycles. The third-order valence-electron chi connectivity index (χ3n) is 3.22. The van der Waals surface area contributed by atoms with Crippen molar-refractivity contribution in [1.29, 1.82) is 0 Å². The highest BCUT2D eigenvalue weighted by atomic mass is 14.4. The first-order valence-electron chi connectivity index (χ1n) is 4.71. The molecule has 0 atom stereocenters. The van der Waals surface area contributed by atoms with Crippen LogP contribution in [0.5, 0.6) is 0 Å². The van der Waals surface area contributed by atoms with Crippen LogP contribution in [-0.4, -0.2) is 0 Å². The molecule has 10 heavy (non-hydrogen) atoms. The Morgan fingerprint density at radius 1 is 0.900 bits per heavy atom. The Hall–Kier alpha value is 0. The van der Waals surface area contributed by atoms with Crippen molar-refractivity contribution in [3.05, 3.63) is 5.92 Å². The summed E-state index contributed by atoms with van der Waals surface area (Å²) in [6, 6.07) is 0. The molecule has 0 bridgehead atoms. The van der Waals surface area contributed by atoms with Crippen molar-refractivity contribution in [2.24, 2.45) is 11.8 Å². The van der Waals surface area contributed by atoms with E-state index in [1.807, 2.05) is 5.92 Å². The van der Waals surface area contributed by atoms with Gasteiger partial charge in [0.05, 0.1) is 0 Å². The van der Waals surface area contributed by atoms with Gasteiger partial charge in [0.15, 0.2) is 0 Å². The van der Waals surface area contributed by atoms with Crippen molar-refractivity contribution in [3.63, 3.8) is 0 Å². The van der Waals surface area contributed by atoms with Crippen LogP contribution in [0.25, 0.3) is 0 Å². The predicted octanol–water partition coefficient (Wildman–Crippen LogP) is 3.18. The molecule has 0 spiro atoms. The van der Waals surface area contributed by atoms with Crippen LogP contribution in [0.1, 0.15) is 45.4 Å². The predicted molar refractivity (Wildman–Crippen MR) is 43.6 cm³/mol. The maximum absolute atomic E-state index is 2.40. The number of hydrogen-bond donors (Lipinski definition) is 0. The van der Waals surface area contributed by atoms with Crippen molar-refractivity contribution in [2.75, 3.05) is 0 Å². The van der Waals surface area contributed by atoms with Crippen LogP contribution in [0.3, 0.4) is 0 Å². The van der Waals surface area contributed by atoms with E-state index in [0.29, 0.717) is 0 Å². The Bertz CT molecular complexity index is 107. The van der Waals surface area contributed by atoms with Gasteiger partial charge in [0.25, 0.3) is 0 Å². The van der Waals surface area contributed by atoms with E-state index < -0.39 is 0 Å². The first-order chi connectivity index (χ1) is 4.88. The SMILES string of the molecule is C[C](C1CCCC1)C1CC1. The van der Waals surface area contributed by atoms with Gasteiger partial charge in [0.2, 0.25) is 0 Å². The minimum atomic E-state index is 1.03. The molecule has 2 fully saturated rings. The van der Waals surface area contributed by atoms with Crippen LogP contribution in [0, 0.1) is 17.8 Å². The Kier molecular flexibility index (Phi) is 1.71. The lowest BCUT2D eigenvalue weighted by atomic mass is 9.89. The van der Waals surface area contributed by atoms with E-state index in [1.54, 1.807) is 0 Å². The second-order valence-electron chi connectivity index (χ2n) is 4.00. The molecule has 2 aliphatic rings. The molecule has 0 nitrogen and oxygen atoms in total. The molecule has 1 radical (unpaired) electrons. The molecule has 0 aliphatic heterocycles. The topological polar surface area (TPSA) is 0 Å². The molecule has 0 heteroatoms. The van der Waals surface area contributed by atoms with Crippen molar-refractivity contribution >= 4 is 0 Å². The van der Waals surface area contributed by atoms with E-state index in [4.69, 9.17) is 0 Å². The largest absolute Gasteiger partial charge is 0.0586 e. The van der Waals surface area contributed by atoms with E-state index in [1.165, 1.54) is 38.5 Å². The summed E-state index contributed by atoms with van der Waals surface area (Å²) >= 11 is 0. The van der Waals surface area contributed by atoms with Gasteiger partial charge in [0.1, 0.15) is 0 Å². The molecular weight excluding hydrogens is 120 g/mol. The van der Waals surface area contributed by atoms with Gasteiger partial charge < -0.3 is 0 Å². The Labute approximate surface area is 64.0 Å². The van der Waals surface area contributed by atoms with Crippen molar-refractivity contribution in [1.82, 2.24) is 0 Å². The molecule has 0 amide bonds. The fourth-order valence-electron chi connectivity index (χ4n) is 2.25. The van der Waals surface area contributed by atoms with Gasteiger partial charge in [-0.05, 0) is 43.4 Å². The number of hydrogen-bond acceptors (Lipinski definition) is 0. The van der Waals surface area contributed by atoms with Crippen LogP contribution >= 0.6 is 0 Å². The summed E-state index contributed by atoms with van der Waals surface area (Å²) in [7, 11) is 0. The fraction of sp³-hybridized carbons (Fsp3) is 0.900. The molecule has 57 valence electrons. The molecule has 2 rings (SSSR count). The minimum Gasteiger partial charge on any atom is -0.0586 e. The van der Waals surface area contributed by atoms with Gasteiger partial charge in [0, 0.05) is 0 Å². The van der Waals surface area contributed by atoms with Crippen molar-refractivity contribution < 1.29 is 0 Å². The van der Waals surface area contributed by atoms with E-state index in [2.05, 4.69) is 6.92 Å². The van der Waals surface area contributed by atoms with Crippen LogP contribution < -0.4 is 0 Å². The van der Waals surface area contributed by atoms with E-state index in [0.717, 1.165) is 11.8 Å². The summed E-state index contributed by atoms with van der Waals surface area (Å²) in [4.78, 5) is 0. The zero-order valence-electron chi connectivity index (χ0n) is 6.90. The van der Waals surface area contributed by atoms with Crippen LogP contribution in [-0.2, 0) is 0 Å². The summed E-state index contributed by atoms with van der Waals surface area (Å²) in [6.45, 7) is 2.40. The Balaban J connectivity index is 1.84. The fourth-order valence-corrected chi connectivity index (χ4v) is 2.25. The lowest BCUT2D eigenvalue weighted by Gasteiger charge is -2.16. The van der Waals surface area contributed by atoms with Crippen LogP contribution in [0.2, 0.25) is 0 Å². The first-order valence-corrected chi connectivity index (χ1v) is 4.71. The third-order valence-corrected chi connectivity index (χ3v) is 3.22. The summed E-state index contributed by atoms with van der Waals surface area (Å²) in [5, 5.41) is 0. The van der Waals surface area contributed by atoms with Crippen molar-refractivity contribution in [3.8, 4) is 0 Å². The van der Waals surface area contributed by atoms with Gasteiger partial charge in [-0.15, -0.1) is 0 Å². The first kappa shape index (κ1) is 6.69. The molecule has 0 saturated heterocycles. The Morgan fingerprint density at radius 2 is 1.40 bits per heavy atom. The molecule has 0 N–H and O–H groups in total. The van der Waals surface area contributed by atoms with E-state index >= 15 is 0 Å². The van der Waals surface area contributed by atoms with Gasteiger partial charge in [-0.2, -0.15) is 0 Å². The highest BCUT2D eigenvalue weighted by molar-refractivity contribution is 5.05. The monoisotopic (exact) mass is 137 g/mol. The van der Waals surface area contributed by atoms with Gasteiger partial charge in [-0.3, -0.25) is 0 Å². The van der Waals surface area contributed by atoms with E-state index in [9.17, 15) is 0 Å². The quantitative estimate of drug-likeness (QED) is 0.548. The average Bonchev–Trinajstić information content (AvgIpc) is 2.65. The molecule has 0 aromatic carbocycles. The molecule has 0 aromatic rings. The molecular formula is C10H17. The smallest absolute Gasteiger partial charge is 0.0210 e. The molecule has 0 unspecified atom stereocenters. The zero-order chi connectivity index (χ0) is 6.97. The second kappa shape index (κ2) is 2.56. The number of rotatable bonds is 2. The van der Waals surface area contributed by atoms with Gasteiger partial charge in [-0.1, -0.05) is 19.8 Å². The Morgan fingerprint density at radius 3 is 1.90 bits per heavy atom. The summed E-state index contributed by atoms with van der Waals surface area (Å²) in [5.74, 6) is 3.94. The second-order valence-corrected chi connectivity index (χ2v) is 4.00. The molecule has 0 aromatic heterocycles. The summed E-state index contributed by atoms with van der Waals surface area (Å²) in [6.07, 6.45) is 9.00. The lowest BCUT2D eigenvalue weighted by Crippen LogP contribution is -2.06. The molecule has 2 saturated carbocycles. The van der Waals surface area contributed by atoms with Crippen LogP contribution in [0.15, 0.2) is 0 Å². The maximum Gasteiger partial charge on any atom is -0.0210 e. The highest BCUT2D eigenvalue weighted by Crippen LogP contribution is 2.46. The zero-order valence-corrected chi connectivity index (χ0v) is 6.90. The highest BCUT2D eigenvalue weighted by Gasteiger charge is 2.34. The summed E-state index contributed by atoms with van der Waals surface area (Å²) < 4.78 is 0. The van der Waals surface area contributed by atoms with Crippen molar-refractivity contribution in [2.45, 2.75) is 45.4 Å². The average molecular weight is 137 g/mol. The normalized spacial score (nSPS) is 28.2. The standard InChI is InChI=1S/C10H17/c1-8(10-6-7-10)9-4-2-3-5-9/h9-10H,2-7H2,1H3. The van der Waals surface area contributed by atoms with Gasteiger partial charge >= 0.3 is 0 Å². The lowest BCUT2D eigenvalue weighted by molar-refractivity contribution is 0.518.